The number of rotatable bonds is 5. The maximum absolute atomic E-state index is 11.8. The fourth-order valence-electron chi connectivity index (χ4n) is 1.89. The summed E-state index contributed by atoms with van der Waals surface area (Å²) in [4.78, 5) is 24.8. The second kappa shape index (κ2) is 7.82. The van der Waals surface area contributed by atoms with Gasteiger partial charge in [-0.25, -0.2) is 4.79 Å². The van der Waals surface area contributed by atoms with E-state index in [0.717, 1.165) is 6.42 Å². The van der Waals surface area contributed by atoms with Gasteiger partial charge >= 0.3 is 6.09 Å². The lowest BCUT2D eigenvalue weighted by Gasteiger charge is -2.24. The van der Waals surface area contributed by atoms with Crippen molar-refractivity contribution in [3.05, 3.63) is 35.4 Å². The van der Waals surface area contributed by atoms with Gasteiger partial charge in [0.1, 0.15) is 12.1 Å². The zero-order valence-electron chi connectivity index (χ0n) is 14.1. The number of amides is 2. The van der Waals surface area contributed by atoms with E-state index < -0.39 is 11.7 Å². The Labute approximate surface area is 132 Å². The van der Waals surface area contributed by atoms with E-state index in [1.165, 1.54) is 16.0 Å². The maximum Gasteiger partial charge on any atom is 0.410 e. The van der Waals surface area contributed by atoms with Crippen LogP contribution in [0.25, 0.3) is 0 Å². The first-order chi connectivity index (χ1) is 10.2. The van der Waals surface area contributed by atoms with Gasteiger partial charge in [0, 0.05) is 13.6 Å². The number of ether oxygens (including phenoxy) is 1. The number of hydrogen-bond acceptors (Lipinski definition) is 3. The summed E-state index contributed by atoms with van der Waals surface area (Å²) in [6.45, 7) is 7.95. The van der Waals surface area contributed by atoms with E-state index in [-0.39, 0.29) is 12.5 Å². The van der Waals surface area contributed by atoms with E-state index in [4.69, 9.17) is 4.74 Å². The molecule has 1 aromatic carbocycles. The van der Waals surface area contributed by atoms with E-state index in [2.05, 4.69) is 11.4 Å². The van der Waals surface area contributed by atoms with Crippen LogP contribution >= 0.6 is 0 Å². The van der Waals surface area contributed by atoms with Crippen molar-refractivity contribution in [1.82, 2.24) is 10.2 Å². The van der Waals surface area contributed by atoms with Crippen LogP contribution in [0.15, 0.2) is 24.3 Å². The number of hydrogen-bond donors (Lipinski definition) is 1. The summed E-state index contributed by atoms with van der Waals surface area (Å²) in [7, 11) is 1.55. The van der Waals surface area contributed by atoms with Crippen molar-refractivity contribution in [1.29, 1.82) is 0 Å². The molecule has 1 rings (SSSR count). The van der Waals surface area contributed by atoms with E-state index in [0.29, 0.717) is 6.54 Å². The number of benzene rings is 1. The van der Waals surface area contributed by atoms with Crippen molar-refractivity contribution in [2.24, 2.45) is 0 Å². The topological polar surface area (TPSA) is 58.6 Å². The molecule has 0 atom stereocenters. The molecule has 5 nitrogen and oxygen atoms in total. The Balaban J connectivity index is 2.32. The smallest absolute Gasteiger partial charge is 0.410 e. The number of carbonyl (C=O) groups excluding carboxylic acids is 2. The summed E-state index contributed by atoms with van der Waals surface area (Å²) >= 11 is 0. The molecule has 2 amide bonds. The molecule has 0 unspecified atom stereocenters. The molecule has 0 radical (unpaired) electrons. The van der Waals surface area contributed by atoms with Crippen molar-refractivity contribution in [2.45, 2.75) is 39.7 Å². The van der Waals surface area contributed by atoms with Gasteiger partial charge in [0.05, 0.1) is 0 Å². The average Bonchev–Trinajstić information content (AvgIpc) is 2.36. The molecule has 1 N–H and O–H groups in total. The molecule has 0 bridgehead atoms. The SMILES string of the molecule is Cc1cccc(CCNC(=O)CN(C)C(=O)OC(C)(C)C)c1. The summed E-state index contributed by atoms with van der Waals surface area (Å²) in [5.41, 5.74) is 1.82. The number of carbonyl (C=O) groups is 2. The second-order valence-corrected chi connectivity index (χ2v) is 6.43. The third-order valence-electron chi connectivity index (χ3n) is 2.90. The lowest BCUT2D eigenvalue weighted by molar-refractivity contribution is -0.121. The average molecular weight is 306 g/mol. The number of nitrogens with zero attached hydrogens (tertiary/aromatic N) is 1. The van der Waals surface area contributed by atoms with Crippen molar-refractivity contribution in [3.8, 4) is 0 Å². The minimum atomic E-state index is -0.563. The third-order valence-corrected chi connectivity index (χ3v) is 2.90. The first kappa shape index (κ1) is 18.0. The minimum Gasteiger partial charge on any atom is -0.444 e. The summed E-state index contributed by atoms with van der Waals surface area (Å²) in [5, 5.41) is 2.81. The first-order valence-electron chi connectivity index (χ1n) is 7.44. The number of nitrogens with one attached hydrogen (secondary N) is 1. The molecular formula is C17H26N2O3. The van der Waals surface area contributed by atoms with Gasteiger partial charge in [-0.15, -0.1) is 0 Å². The van der Waals surface area contributed by atoms with Gasteiger partial charge in [0.15, 0.2) is 0 Å². The lowest BCUT2D eigenvalue weighted by atomic mass is 10.1. The molecule has 0 aromatic heterocycles. The van der Waals surface area contributed by atoms with Crippen LogP contribution in [0.1, 0.15) is 31.9 Å². The number of likely N-dealkylation sites (N-methyl/N-ethyl adjacent to an activating group) is 1. The third kappa shape index (κ3) is 7.11. The Morgan fingerprint density at radius 3 is 2.55 bits per heavy atom. The van der Waals surface area contributed by atoms with Crippen LogP contribution in [0.4, 0.5) is 4.79 Å². The van der Waals surface area contributed by atoms with Gasteiger partial charge in [0.2, 0.25) is 5.91 Å². The molecule has 0 fully saturated rings. The summed E-state index contributed by atoms with van der Waals surface area (Å²) in [6, 6.07) is 8.17. The highest BCUT2D eigenvalue weighted by Crippen LogP contribution is 2.08. The van der Waals surface area contributed by atoms with E-state index in [1.54, 1.807) is 27.8 Å². The standard InChI is InChI=1S/C17H26N2O3/c1-13-7-6-8-14(11-13)9-10-18-15(20)12-19(5)16(21)22-17(2,3)4/h6-8,11H,9-10,12H2,1-5H3,(H,18,20). The van der Waals surface area contributed by atoms with Gasteiger partial charge < -0.3 is 15.0 Å². The van der Waals surface area contributed by atoms with Gasteiger partial charge in [-0.1, -0.05) is 29.8 Å². The quantitative estimate of drug-likeness (QED) is 0.909. The van der Waals surface area contributed by atoms with Gasteiger partial charge in [-0.2, -0.15) is 0 Å². The number of aryl methyl sites for hydroxylation is 1. The molecule has 0 aliphatic heterocycles. The van der Waals surface area contributed by atoms with Crippen LogP contribution in [-0.4, -0.2) is 42.6 Å². The zero-order chi connectivity index (χ0) is 16.8. The van der Waals surface area contributed by atoms with E-state index in [9.17, 15) is 9.59 Å². The Kier molecular flexibility index (Phi) is 6.40. The van der Waals surface area contributed by atoms with Crippen LogP contribution in [0.2, 0.25) is 0 Å². The van der Waals surface area contributed by atoms with Crippen LogP contribution in [0.5, 0.6) is 0 Å². The van der Waals surface area contributed by atoms with Gasteiger partial charge in [-0.3, -0.25) is 4.79 Å². The van der Waals surface area contributed by atoms with Crippen molar-refractivity contribution < 1.29 is 14.3 Å². The molecule has 0 aliphatic carbocycles. The van der Waals surface area contributed by atoms with Crippen molar-refractivity contribution in [2.75, 3.05) is 20.1 Å². The summed E-state index contributed by atoms with van der Waals surface area (Å²) in [5.74, 6) is -0.194. The van der Waals surface area contributed by atoms with Gasteiger partial charge in [-0.05, 0) is 39.7 Å². The maximum atomic E-state index is 11.8. The van der Waals surface area contributed by atoms with Crippen molar-refractivity contribution >= 4 is 12.0 Å². The predicted octanol–water partition coefficient (Wildman–Crippen LogP) is 2.52. The van der Waals surface area contributed by atoms with Crippen molar-refractivity contribution in [3.63, 3.8) is 0 Å². The molecule has 0 saturated heterocycles. The van der Waals surface area contributed by atoms with Crippen LogP contribution in [-0.2, 0) is 16.0 Å². The Bertz CT molecular complexity index is 521. The highest BCUT2D eigenvalue weighted by Gasteiger charge is 2.20. The molecule has 0 heterocycles. The summed E-state index contributed by atoms with van der Waals surface area (Å²) < 4.78 is 5.19. The fourth-order valence-corrected chi connectivity index (χ4v) is 1.89. The molecule has 0 spiro atoms. The lowest BCUT2D eigenvalue weighted by Crippen LogP contribution is -2.41. The largest absolute Gasteiger partial charge is 0.444 e. The Morgan fingerprint density at radius 2 is 1.95 bits per heavy atom. The molecular weight excluding hydrogens is 280 g/mol. The molecule has 1 aromatic rings. The molecule has 0 saturated carbocycles. The fraction of sp³-hybridized carbons (Fsp3) is 0.529. The highest BCUT2D eigenvalue weighted by atomic mass is 16.6. The van der Waals surface area contributed by atoms with E-state index in [1.807, 2.05) is 25.1 Å². The monoisotopic (exact) mass is 306 g/mol. The molecule has 122 valence electrons. The highest BCUT2D eigenvalue weighted by molar-refractivity contribution is 5.82. The Hall–Kier alpha value is -2.04. The first-order valence-corrected chi connectivity index (χ1v) is 7.44. The van der Waals surface area contributed by atoms with Crippen LogP contribution < -0.4 is 5.32 Å². The molecule has 5 heteroatoms. The normalized spacial score (nSPS) is 11.0. The Morgan fingerprint density at radius 1 is 1.27 bits per heavy atom. The van der Waals surface area contributed by atoms with Gasteiger partial charge in [0.25, 0.3) is 0 Å². The second-order valence-electron chi connectivity index (χ2n) is 6.43. The molecule has 22 heavy (non-hydrogen) atoms. The molecule has 0 aliphatic rings. The van der Waals surface area contributed by atoms with E-state index >= 15 is 0 Å². The summed E-state index contributed by atoms with van der Waals surface area (Å²) in [6.07, 6.45) is 0.269. The minimum absolute atomic E-state index is 0.0112. The van der Waals surface area contributed by atoms with Crippen LogP contribution in [0.3, 0.4) is 0 Å². The van der Waals surface area contributed by atoms with Crippen LogP contribution in [0, 0.1) is 6.92 Å². The zero-order valence-corrected chi connectivity index (χ0v) is 14.1. The predicted molar refractivity (Wildman–Crippen MR) is 86.8 cm³/mol.